The van der Waals surface area contributed by atoms with Crippen molar-refractivity contribution in [2.45, 2.75) is 13.0 Å². The number of aryl methyl sites for hydroxylation is 1. The van der Waals surface area contributed by atoms with Crippen LogP contribution in [-0.4, -0.2) is 39.6 Å². The van der Waals surface area contributed by atoms with E-state index in [1.54, 1.807) is 12.1 Å². The third-order valence-corrected chi connectivity index (χ3v) is 3.74. The van der Waals surface area contributed by atoms with Crippen molar-refractivity contribution in [1.82, 2.24) is 4.90 Å². The van der Waals surface area contributed by atoms with Gasteiger partial charge in [0, 0.05) is 11.3 Å². The van der Waals surface area contributed by atoms with Crippen molar-refractivity contribution in [2.75, 3.05) is 11.6 Å². The van der Waals surface area contributed by atoms with Crippen LogP contribution >= 0.6 is 11.8 Å². The van der Waals surface area contributed by atoms with E-state index in [0.29, 0.717) is 17.2 Å². The van der Waals surface area contributed by atoms with Gasteiger partial charge in [0.05, 0.1) is 5.88 Å². The van der Waals surface area contributed by atoms with Crippen LogP contribution in [0.3, 0.4) is 0 Å². The molecule has 1 heterocycles. The van der Waals surface area contributed by atoms with E-state index < -0.39 is 12.0 Å². The summed E-state index contributed by atoms with van der Waals surface area (Å²) in [5.41, 5.74) is 1.62. The lowest BCUT2D eigenvalue weighted by Crippen LogP contribution is -2.41. The summed E-state index contributed by atoms with van der Waals surface area (Å²) in [6.45, 7) is 1.94. The van der Waals surface area contributed by atoms with Gasteiger partial charge in [0.15, 0.2) is 0 Å². The largest absolute Gasteiger partial charge is 0.480 e. The summed E-state index contributed by atoms with van der Waals surface area (Å²) in [6.07, 6.45) is 0. The van der Waals surface area contributed by atoms with Crippen LogP contribution in [-0.2, 0) is 4.79 Å². The Morgan fingerprint density at radius 1 is 1.35 bits per heavy atom. The number of carbonyl (C=O) groups excluding carboxylic acids is 1. The fourth-order valence-corrected chi connectivity index (χ4v) is 2.85. The average Bonchev–Trinajstić information content (AvgIpc) is 2.78. The van der Waals surface area contributed by atoms with E-state index in [4.69, 9.17) is 5.11 Å². The maximum atomic E-state index is 12.1. The first kappa shape index (κ1) is 12.0. The fraction of sp³-hybridized carbons (Fsp3) is 0.333. The highest BCUT2D eigenvalue weighted by Crippen LogP contribution is 2.23. The second-order valence-electron chi connectivity index (χ2n) is 3.99. The van der Waals surface area contributed by atoms with E-state index in [0.717, 1.165) is 5.56 Å². The van der Waals surface area contributed by atoms with E-state index in [2.05, 4.69) is 0 Å². The van der Waals surface area contributed by atoms with Crippen LogP contribution in [0.15, 0.2) is 24.3 Å². The van der Waals surface area contributed by atoms with Crippen LogP contribution in [0.2, 0.25) is 0 Å². The highest BCUT2D eigenvalue weighted by Gasteiger charge is 2.34. The first-order valence-electron chi connectivity index (χ1n) is 5.28. The lowest BCUT2D eigenvalue weighted by Gasteiger charge is -2.20. The van der Waals surface area contributed by atoms with Gasteiger partial charge in [0.25, 0.3) is 5.91 Å². The Kier molecular flexibility index (Phi) is 3.38. The molecule has 0 aromatic heterocycles. The van der Waals surface area contributed by atoms with Gasteiger partial charge in [-0.25, -0.2) is 4.79 Å². The van der Waals surface area contributed by atoms with Crippen LogP contribution in [0, 0.1) is 6.92 Å². The van der Waals surface area contributed by atoms with Gasteiger partial charge in [-0.05, 0) is 19.1 Å². The topological polar surface area (TPSA) is 57.6 Å². The van der Waals surface area contributed by atoms with Crippen molar-refractivity contribution >= 4 is 23.6 Å². The molecule has 0 aliphatic carbocycles. The highest BCUT2D eigenvalue weighted by molar-refractivity contribution is 7.99. The van der Waals surface area contributed by atoms with E-state index in [1.807, 2.05) is 19.1 Å². The molecule has 1 aliphatic heterocycles. The maximum absolute atomic E-state index is 12.1. The Labute approximate surface area is 104 Å². The Bertz CT molecular complexity index is 444. The first-order chi connectivity index (χ1) is 8.09. The van der Waals surface area contributed by atoms with E-state index in [9.17, 15) is 9.59 Å². The quantitative estimate of drug-likeness (QED) is 0.867. The molecule has 1 aromatic carbocycles. The predicted molar refractivity (Wildman–Crippen MR) is 66.1 cm³/mol. The average molecular weight is 251 g/mol. The molecule has 0 unspecified atom stereocenters. The lowest BCUT2D eigenvalue weighted by atomic mass is 10.1. The monoisotopic (exact) mass is 251 g/mol. The molecule has 1 saturated heterocycles. The van der Waals surface area contributed by atoms with E-state index in [1.165, 1.54) is 16.7 Å². The van der Waals surface area contributed by atoms with Gasteiger partial charge in [0.1, 0.15) is 6.04 Å². The van der Waals surface area contributed by atoms with Crippen molar-refractivity contribution in [2.24, 2.45) is 0 Å². The maximum Gasteiger partial charge on any atom is 0.327 e. The van der Waals surface area contributed by atoms with Crippen molar-refractivity contribution in [3.05, 3.63) is 35.4 Å². The molecule has 1 fully saturated rings. The number of thioether (sulfide) groups is 1. The third kappa shape index (κ3) is 2.44. The van der Waals surface area contributed by atoms with Crippen molar-refractivity contribution in [3.8, 4) is 0 Å². The number of amides is 1. The molecule has 4 nitrogen and oxygen atoms in total. The zero-order valence-corrected chi connectivity index (χ0v) is 10.2. The minimum Gasteiger partial charge on any atom is -0.480 e. The van der Waals surface area contributed by atoms with Crippen molar-refractivity contribution in [3.63, 3.8) is 0 Å². The Balaban J connectivity index is 2.19. The highest BCUT2D eigenvalue weighted by atomic mass is 32.2. The molecule has 0 spiro atoms. The van der Waals surface area contributed by atoms with Gasteiger partial charge in [0.2, 0.25) is 0 Å². The minimum absolute atomic E-state index is 0.206. The Morgan fingerprint density at radius 3 is 2.59 bits per heavy atom. The van der Waals surface area contributed by atoms with Gasteiger partial charge in [-0.15, -0.1) is 11.8 Å². The molecule has 1 aliphatic rings. The molecule has 5 heteroatoms. The molecule has 17 heavy (non-hydrogen) atoms. The Hall–Kier alpha value is -1.49. The molecule has 0 bridgehead atoms. The molecule has 2 rings (SSSR count). The molecular formula is C12H13NO3S. The zero-order chi connectivity index (χ0) is 12.4. The summed E-state index contributed by atoms with van der Waals surface area (Å²) < 4.78 is 0. The third-order valence-electron chi connectivity index (χ3n) is 2.73. The molecule has 1 amide bonds. The molecule has 90 valence electrons. The molecule has 1 N–H and O–H groups in total. The van der Waals surface area contributed by atoms with Gasteiger partial charge in [-0.2, -0.15) is 0 Å². The normalized spacial score (nSPS) is 19.4. The van der Waals surface area contributed by atoms with Crippen molar-refractivity contribution < 1.29 is 14.7 Å². The number of benzene rings is 1. The van der Waals surface area contributed by atoms with Gasteiger partial charge >= 0.3 is 5.97 Å². The number of carbonyl (C=O) groups is 2. The van der Waals surface area contributed by atoms with Crippen LogP contribution in [0.1, 0.15) is 15.9 Å². The summed E-state index contributed by atoms with van der Waals surface area (Å²) in [5.74, 6) is -0.228. The minimum atomic E-state index is -0.935. The predicted octanol–water partition coefficient (Wildman–Crippen LogP) is 1.59. The van der Waals surface area contributed by atoms with Gasteiger partial charge in [-0.1, -0.05) is 17.7 Å². The number of hydrogen-bond donors (Lipinski definition) is 1. The van der Waals surface area contributed by atoms with Crippen LogP contribution in [0.5, 0.6) is 0 Å². The molecule has 0 saturated carbocycles. The Morgan fingerprint density at radius 2 is 2.00 bits per heavy atom. The number of rotatable bonds is 2. The zero-order valence-electron chi connectivity index (χ0n) is 9.42. The smallest absolute Gasteiger partial charge is 0.327 e. The van der Waals surface area contributed by atoms with Crippen LogP contribution in [0.4, 0.5) is 0 Å². The van der Waals surface area contributed by atoms with Crippen molar-refractivity contribution in [1.29, 1.82) is 0 Å². The first-order valence-corrected chi connectivity index (χ1v) is 6.43. The summed E-state index contributed by atoms with van der Waals surface area (Å²) in [7, 11) is 0. The van der Waals surface area contributed by atoms with Gasteiger partial charge < -0.3 is 10.0 Å². The van der Waals surface area contributed by atoms with E-state index >= 15 is 0 Å². The summed E-state index contributed by atoms with van der Waals surface area (Å²) in [4.78, 5) is 24.5. The summed E-state index contributed by atoms with van der Waals surface area (Å²) in [5, 5.41) is 9.02. The number of carboxylic acids is 1. The SMILES string of the molecule is Cc1ccc(C(=O)N2CSC[C@H]2C(=O)O)cc1. The number of aliphatic carboxylic acids is 1. The summed E-state index contributed by atoms with van der Waals surface area (Å²) >= 11 is 1.47. The summed E-state index contributed by atoms with van der Waals surface area (Å²) in [6, 6.07) is 6.48. The second kappa shape index (κ2) is 4.79. The van der Waals surface area contributed by atoms with Crippen LogP contribution < -0.4 is 0 Å². The van der Waals surface area contributed by atoms with Gasteiger partial charge in [-0.3, -0.25) is 4.79 Å². The lowest BCUT2D eigenvalue weighted by molar-refractivity contribution is -0.140. The second-order valence-corrected chi connectivity index (χ2v) is 4.99. The fourth-order valence-electron chi connectivity index (χ4n) is 1.71. The number of carboxylic acid groups (broad SMARTS) is 1. The van der Waals surface area contributed by atoms with Crippen LogP contribution in [0.25, 0.3) is 0 Å². The molecule has 1 atom stereocenters. The van der Waals surface area contributed by atoms with E-state index in [-0.39, 0.29) is 5.91 Å². The molecular weight excluding hydrogens is 238 g/mol. The molecule has 1 aromatic rings. The number of hydrogen-bond acceptors (Lipinski definition) is 3. The number of nitrogens with zero attached hydrogens (tertiary/aromatic N) is 1. The molecule has 0 radical (unpaired) electrons. The standard InChI is InChI=1S/C12H13NO3S/c1-8-2-4-9(5-3-8)11(14)13-7-17-6-10(13)12(15)16/h2-5,10H,6-7H2,1H3,(H,15,16)/t10-/m0/s1.